The third-order valence-electron chi connectivity index (χ3n) is 2.13. The van der Waals surface area contributed by atoms with Gasteiger partial charge in [0.15, 0.2) is 0 Å². The van der Waals surface area contributed by atoms with Crippen molar-refractivity contribution in [2.24, 2.45) is 0 Å². The standard InChI is InChI=1S/C13H19/c1-2-4-6-8-10-12-13-11-9-7-5-3-1/h1-4,9,12-13H,5-8,10-11H2. The second-order valence-corrected chi connectivity index (χ2v) is 3.36. The maximum absolute atomic E-state index is 2.35. The predicted molar refractivity (Wildman–Crippen MR) is 59.4 cm³/mol. The lowest BCUT2D eigenvalue weighted by Crippen LogP contribution is -1.73. The number of rotatable bonds is 0. The van der Waals surface area contributed by atoms with E-state index in [-0.39, 0.29) is 0 Å². The van der Waals surface area contributed by atoms with Crippen LogP contribution in [-0.4, -0.2) is 0 Å². The Balaban J connectivity index is 2.28. The Morgan fingerprint density at radius 3 is 2.31 bits per heavy atom. The molecule has 0 N–H and O–H groups in total. The van der Waals surface area contributed by atoms with Gasteiger partial charge < -0.3 is 0 Å². The van der Waals surface area contributed by atoms with Gasteiger partial charge in [-0.15, -0.1) is 0 Å². The first-order valence-electron chi connectivity index (χ1n) is 5.28. The molecule has 0 spiro atoms. The van der Waals surface area contributed by atoms with Crippen molar-refractivity contribution in [1.82, 2.24) is 0 Å². The first-order chi connectivity index (χ1) is 6.50. The van der Waals surface area contributed by atoms with E-state index < -0.39 is 0 Å². The first-order valence-corrected chi connectivity index (χ1v) is 5.28. The lowest BCUT2D eigenvalue weighted by Gasteiger charge is -1.92. The molecule has 0 heterocycles. The van der Waals surface area contributed by atoms with Crippen LogP contribution in [-0.2, 0) is 0 Å². The first kappa shape index (κ1) is 10.3. The molecule has 13 heavy (non-hydrogen) atoms. The predicted octanol–water partition coefficient (Wildman–Crippen LogP) is 4.21. The quantitative estimate of drug-likeness (QED) is 0.484. The van der Waals surface area contributed by atoms with Crippen LogP contribution in [0.4, 0.5) is 0 Å². The van der Waals surface area contributed by atoms with Crippen molar-refractivity contribution >= 4 is 0 Å². The van der Waals surface area contributed by atoms with Gasteiger partial charge in [-0.1, -0.05) is 36.5 Å². The zero-order valence-corrected chi connectivity index (χ0v) is 8.28. The summed E-state index contributed by atoms with van der Waals surface area (Å²) in [5, 5.41) is 0. The molecule has 1 rings (SSSR count). The van der Waals surface area contributed by atoms with Crippen molar-refractivity contribution in [3.05, 3.63) is 42.9 Å². The summed E-state index contributed by atoms with van der Waals surface area (Å²) in [7, 11) is 0. The van der Waals surface area contributed by atoms with E-state index in [0.717, 1.165) is 6.42 Å². The zero-order chi connectivity index (χ0) is 9.19. The fourth-order valence-corrected chi connectivity index (χ4v) is 1.35. The summed E-state index contributed by atoms with van der Waals surface area (Å²) >= 11 is 0. The maximum Gasteiger partial charge on any atom is -0.0319 e. The third kappa shape index (κ3) is 6.39. The molecular formula is C13H19. The molecule has 1 aliphatic carbocycles. The maximum atomic E-state index is 2.35. The zero-order valence-electron chi connectivity index (χ0n) is 8.28. The van der Waals surface area contributed by atoms with E-state index in [1.54, 1.807) is 0 Å². The van der Waals surface area contributed by atoms with Crippen LogP contribution in [0, 0.1) is 6.42 Å². The minimum atomic E-state index is 1.14. The second-order valence-electron chi connectivity index (χ2n) is 3.36. The molecule has 0 saturated heterocycles. The molecule has 0 amide bonds. The fraction of sp³-hybridized carbons (Fsp3) is 0.462. The topological polar surface area (TPSA) is 0 Å². The van der Waals surface area contributed by atoms with Crippen molar-refractivity contribution in [3.8, 4) is 0 Å². The Labute approximate surface area is 82.0 Å². The minimum absolute atomic E-state index is 1.14. The molecule has 0 aromatic heterocycles. The largest absolute Gasteiger partial charge is 0.0885 e. The van der Waals surface area contributed by atoms with Gasteiger partial charge >= 0.3 is 0 Å². The molecule has 0 aromatic rings. The molecule has 0 heteroatoms. The van der Waals surface area contributed by atoms with Gasteiger partial charge in [-0.05, 0) is 44.9 Å². The van der Waals surface area contributed by atoms with E-state index in [4.69, 9.17) is 0 Å². The summed E-state index contributed by atoms with van der Waals surface area (Å²) in [6.45, 7) is 0. The van der Waals surface area contributed by atoms with Crippen LogP contribution in [0.3, 0.4) is 0 Å². The van der Waals surface area contributed by atoms with E-state index in [1.165, 1.54) is 32.1 Å². The van der Waals surface area contributed by atoms with Crippen molar-refractivity contribution in [1.29, 1.82) is 0 Å². The van der Waals surface area contributed by atoms with Gasteiger partial charge in [0.1, 0.15) is 0 Å². The van der Waals surface area contributed by atoms with Gasteiger partial charge in [0, 0.05) is 0 Å². The molecule has 0 bridgehead atoms. The molecule has 0 aromatic carbocycles. The molecule has 1 radical (unpaired) electrons. The normalized spacial score (nSPS) is 20.3. The Morgan fingerprint density at radius 2 is 1.38 bits per heavy atom. The summed E-state index contributed by atoms with van der Waals surface area (Å²) < 4.78 is 0. The number of hydrogen-bond donors (Lipinski definition) is 0. The lowest BCUT2D eigenvalue weighted by molar-refractivity contribution is 0.863. The number of hydrogen-bond acceptors (Lipinski definition) is 0. The molecule has 0 aliphatic heterocycles. The van der Waals surface area contributed by atoms with Gasteiger partial charge in [0.25, 0.3) is 0 Å². The smallest absolute Gasteiger partial charge is 0.0319 e. The minimum Gasteiger partial charge on any atom is -0.0885 e. The van der Waals surface area contributed by atoms with Crippen LogP contribution in [0.25, 0.3) is 0 Å². The molecule has 0 atom stereocenters. The molecule has 0 nitrogen and oxygen atoms in total. The van der Waals surface area contributed by atoms with Crippen LogP contribution in [0.2, 0.25) is 0 Å². The summed E-state index contributed by atoms with van der Waals surface area (Å²) in [6, 6.07) is 0. The van der Waals surface area contributed by atoms with Crippen LogP contribution in [0.5, 0.6) is 0 Å². The summed E-state index contributed by atoms with van der Waals surface area (Å²) in [5.41, 5.74) is 0. The Morgan fingerprint density at radius 1 is 0.615 bits per heavy atom. The van der Waals surface area contributed by atoms with Gasteiger partial charge in [0.2, 0.25) is 0 Å². The molecule has 0 saturated carbocycles. The van der Waals surface area contributed by atoms with Crippen LogP contribution < -0.4 is 0 Å². The van der Waals surface area contributed by atoms with Crippen molar-refractivity contribution in [3.63, 3.8) is 0 Å². The Kier molecular flexibility index (Phi) is 6.22. The van der Waals surface area contributed by atoms with Crippen LogP contribution in [0.1, 0.15) is 38.5 Å². The fourth-order valence-electron chi connectivity index (χ4n) is 1.35. The Hall–Kier alpha value is -0.780. The highest BCUT2D eigenvalue weighted by molar-refractivity contribution is 5.03. The molecule has 1 aliphatic rings. The average molecular weight is 175 g/mol. The highest BCUT2D eigenvalue weighted by Crippen LogP contribution is 2.04. The number of allylic oxidation sites excluding steroid dienone is 6. The van der Waals surface area contributed by atoms with E-state index >= 15 is 0 Å². The molecular weight excluding hydrogens is 156 g/mol. The summed E-state index contributed by atoms with van der Waals surface area (Å²) in [5.74, 6) is 0. The molecule has 0 fully saturated rings. The van der Waals surface area contributed by atoms with Gasteiger partial charge in [-0.25, -0.2) is 0 Å². The highest BCUT2D eigenvalue weighted by Gasteiger charge is 1.85. The lowest BCUT2D eigenvalue weighted by atomic mass is 10.1. The van der Waals surface area contributed by atoms with Crippen molar-refractivity contribution < 1.29 is 0 Å². The third-order valence-corrected chi connectivity index (χ3v) is 2.13. The van der Waals surface area contributed by atoms with E-state index in [9.17, 15) is 0 Å². The molecule has 71 valence electrons. The summed E-state index contributed by atoms with van der Waals surface area (Å²) in [6.07, 6.45) is 23.0. The van der Waals surface area contributed by atoms with E-state index in [2.05, 4.69) is 42.9 Å². The van der Waals surface area contributed by atoms with Crippen molar-refractivity contribution in [2.75, 3.05) is 0 Å². The van der Waals surface area contributed by atoms with Gasteiger partial charge in [-0.3, -0.25) is 0 Å². The van der Waals surface area contributed by atoms with Crippen molar-refractivity contribution in [2.45, 2.75) is 38.5 Å². The van der Waals surface area contributed by atoms with Crippen LogP contribution >= 0.6 is 0 Å². The van der Waals surface area contributed by atoms with Gasteiger partial charge in [0.05, 0.1) is 0 Å². The second kappa shape index (κ2) is 7.85. The SMILES string of the molecule is [CH]1CC=CCCCC=CC=CCC1. The van der Waals surface area contributed by atoms with Crippen LogP contribution in [0.15, 0.2) is 36.5 Å². The average Bonchev–Trinajstić information content (AvgIpc) is 2.18. The van der Waals surface area contributed by atoms with E-state index in [0.29, 0.717) is 0 Å². The Bertz CT molecular complexity index is 184. The molecule has 0 unspecified atom stereocenters. The van der Waals surface area contributed by atoms with Gasteiger partial charge in [-0.2, -0.15) is 0 Å². The summed E-state index contributed by atoms with van der Waals surface area (Å²) in [4.78, 5) is 0. The highest BCUT2D eigenvalue weighted by atomic mass is 13.9. The van der Waals surface area contributed by atoms with E-state index in [1.807, 2.05) is 0 Å². The monoisotopic (exact) mass is 175 g/mol.